The van der Waals surface area contributed by atoms with E-state index < -0.39 is 65.2 Å². The van der Waals surface area contributed by atoms with Crippen molar-refractivity contribution in [2.24, 2.45) is 0 Å². The molecule has 1 fully saturated rings. The van der Waals surface area contributed by atoms with Crippen molar-refractivity contribution in [1.29, 1.82) is 0 Å². The monoisotopic (exact) mass is 839 g/mol. The molecule has 1 spiro atoms. The highest BCUT2D eigenvalue weighted by molar-refractivity contribution is 5.83. The lowest BCUT2D eigenvalue weighted by atomic mass is 9.50. The fraction of sp³-hybridized carbons (Fsp3) is 0.405. The number of rotatable bonds is 13. The van der Waals surface area contributed by atoms with Crippen LogP contribution in [-0.4, -0.2) is 108 Å². The predicted octanol–water partition coefficient (Wildman–Crippen LogP) is 3.18. The van der Waals surface area contributed by atoms with Crippen LogP contribution in [0.25, 0.3) is 0 Å². The molecule has 2 aliphatic carbocycles. The van der Waals surface area contributed by atoms with E-state index in [-0.39, 0.29) is 44.2 Å². The number of likely N-dealkylation sites (N-methyl/N-ethyl adjacent to an activating group) is 1. The molecule has 320 valence electrons. The normalized spacial score (nSPS) is 23.1. The van der Waals surface area contributed by atoms with Crippen LogP contribution >= 0.6 is 0 Å². The molecule has 0 saturated carbocycles. The van der Waals surface area contributed by atoms with Crippen LogP contribution < -0.4 is 20.1 Å². The van der Waals surface area contributed by atoms with Crippen LogP contribution in [0.15, 0.2) is 84.6 Å². The number of aliphatic hydroxyl groups excluding tert-OH is 2. The number of carbonyl (C=O) groups is 5. The number of ether oxygens (including phenoxy) is 4. The molecular formula is C42H44F3N3O12. The maximum Gasteiger partial charge on any atom is 0.490 e. The Hall–Kier alpha value is -5.98. The summed E-state index contributed by atoms with van der Waals surface area (Å²) in [4.78, 5) is 63.3. The van der Waals surface area contributed by atoms with Crippen LogP contribution in [0, 0.1) is 0 Å². The number of carboxylic acid groups (broad SMARTS) is 1. The molecule has 2 aliphatic heterocycles. The summed E-state index contributed by atoms with van der Waals surface area (Å²) >= 11 is 0. The fourth-order valence-electron chi connectivity index (χ4n) is 8.54. The van der Waals surface area contributed by atoms with Gasteiger partial charge in [0.15, 0.2) is 29.8 Å². The average molecular weight is 840 g/mol. The van der Waals surface area contributed by atoms with Gasteiger partial charge in [-0.3, -0.25) is 24.1 Å². The Morgan fingerprint density at radius 3 is 1.97 bits per heavy atom. The van der Waals surface area contributed by atoms with Crippen LogP contribution in [0.3, 0.4) is 0 Å². The van der Waals surface area contributed by atoms with Crippen molar-refractivity contribution in [2.75, 3.05) is 33.8 Å². The van der Waals surface area contributed by atoms with E-state index in [1.807, 2.05) is 19.2 Å². The average Bonchev–Trinajstić information content (AvgIpc) is 3.59. The molecule has 5 N–H and O–H groups in total. The molecule has 0 radical (unpaired) electrons. The first-order valence-corrected chi connectivity index (χ1v) is 19.1. The number of nitrogens with one attached hydrogen (secondary N) is 2. The lowest BCUT2D eigenvalue weighted by Crippen LogP contribution is -2.75. The second-order valence-corrected chi connectivity index (χ2v) is 14.7. The molecule has 3 aromatic rings. The van der Waals surface area contributed by atoms with E-state index in [4.69, 9.17) is 28.8 Å². The van der Waals surface area contributed by atoms with Crippen LogP contribution in [0.1, 0.15) is 60.1 Å². The van der Waals surface area contributed by atoms with E-state index in [0.717, 1.165) is 11.1 Å². The Balaban J connectivity index is 0.000000793. The van der Waals surface area contributed by atoms with Gasteiger partial charge in [0.05, 0.1) is 31.4 Å². The molecule has 2 heterocycles. The third kappa shape index (κ3) is 8.39. The molecule has 18 heteroatoms. The van der Waals surface area contributed by atoms with Gasteiger partial charge in [-0.1, -0.05) is 66.7 Å². The largest absolute Gasteiger partial charge is 0.493 e. The Bertz CT molecular complexity index is 2140. The van der Waals surface area contributed by atoms with E-state index in [2.05, 4.69) is 15.5 Å². The number of aliphatic carboxylic acids is 1. The summed E-state index contributed by atoms with van der Waals surface area (Å²) in [6.45, 7) is 0.555. The smallest absolute Gasteiger partial charge is 0.490 e. The van der Waals surface area contributed by atoms with Gasteiger partial charge < -0.3 is 44.9 Å². The molecule has 2 bridgehead atoms. The Morgan fingerprint density at radius 1 is 0.883 bits per heavy atom. The number of likely N-dealkylation sites (tertiary alicyclic amines) is 1. The Morgan fingerprint density at radius 2 is 1.43 bits per heavy atom. The fourth-order valence-corrected chi connectivity index (χ4v) is 8.54. The molecule has 4 aliphatic rings. The molecular weight excluding hydrogens is 795 g/mol. The van der Waals surface area contributed by atoms with Gasteiger partial charge >= 0.3 is 24.1 Å². The second-order valence-electron chi connectivity index (χ2n) is 14.7. The van der Waals surface area contributed by atoms with E-state index in [0.29, 0.717) is 42.0 Å². The highest BCUT2D eigenvalue weighted by Gasteiger charge is 2.74. The number of aliphatic hydroxyl groups is 2. The first kappa shape index (κ1) is 43.6. The van der Waals surface area contributed by atoms with Gasteiger partial charge in [-0.25, -0.2) is 4.79 Å². The van der Waals surface area contributed by atoms with Gasteiger partial charge in [0.1, 0.15) is 11.4 Å². The minimum atomic E-state index is -5.08. The summed E-state index contributed by atoms with van der Waals surface area (Å²) in [5, 5.41) is 33.2. The van der Waals surface area contributed by atoms with Crippen LogP contribution in [0.4, 0.5) is 13.2 Å². The summed E-state index contributed by atoms with van der Waals surface area (Å²) in [5.41, 5.74) is 0.743. The van der Waals surface area contributed by atoms with Crippen molar-refractivity contribution in [2.45, 2.75) is 73.7 Å². The summed E-state index contributed by atoms with van der Waals surface area (Å²) in [5.74, 6) is -3.83. The zero-order valence-electron chi connectivity index (χ0n) is 32.6. The van der Waals surface area contributed by atoms with E-state index in [1.165, 1.54) is 0 Å². The van der Waals surface area contributed by atoms with Crippen LogP contribution in [0.2, 0.25) is 0 Å². The zero-order chi connectivity index (χ0) is 43.4. The second kappa shape index (κ2) is 17.7. The number of nitrogens with zero attached hydrogens (tertiary/aromatic N) is 1. The van der Waals surface area contributed by atoms with E-state index >= 15 is 0 Å². The number of methoxy groups -OCH3 is 1. The molecule has 15 nitrogen and oxygen atoms in total. The number of benzene rings is 3. The van der Waals surface area contributed by atoms with Crippen molar-refractivity contribution in [1.82, 2.24) is 15.5 Å². The van der Waals surface area contributed by atoms with Crippen molar-refractivity contribution in [3.8, 4) is 11.5 Å². The molecule has 1 saturated heterocycles. The van der Waals surface area contributed by atoms with Gasteiger partial charge in [-0.2, -0.15) is 13.2 Å². The summed E-state index contributed by atoms with van der Waals surface area (Å²) < 4.78 is 56.7. The van der Waals surface area contributed by atoms with Crippen molar-refractivity contribution in [3.63, 3.8) is 0 Å². The predicted molar refractivity (Wildman–Crippen MR) is 203 cm³/mol. The number of esters is 2. The molecule has 0 unspecified atom stereocenters. The number of amides is 2. The minimum Gasteiger partial charge on any atom is -0.493 e. The quantitative estimate of drug-likeness (QED) is 0.157. The minimum absolute atomic E-state index is 0.0433. The molecule has 3 aromatic carbocycles. The lowest BCUT2D eigenvalue weighted by molar-refractivity contribution is -0.206. The van der Waals surface area contributed by atoms with Crippen molar-refractivity contribution >= 4 is 29.7 Å². The first-order chi connectivity index (χ1) is 28.5. The number of halogens is 3. The molecule has 7 rings (SSSR count). The SMILES string of the molecule is COc1ccc2c3c1O[C@H]1C(OC(=O)CCNC(=O)[C@@H](O)c4ccccc4)=CC[C@@]4(OC(=O)CCNC(=O)[C@@H](O)c5ccccc5)[C@@H](C2)N(C)CC[C@]314.O=C(O)C(F)(F)F. The number of carbonyl (C=O) groups excluding carboxylic acids is 4. The third-order valence-corrected chi connectivity index (χ3v) is 11.3. The molecule has 2 amide bonds. The zero-order valence-corrected chi connectivity index (χ0v) is 32.6. The van der Waals surface area contributed by atoms with Gasteiger partial charge in [0, 0.05) is 25.1 Å². The van der Waals surface area contributed by atoms with E-state index in [1.54, 1.807) is 73.8 Å². The number of hydrogen-bond donors (Lipinski definition) is 5. The van der Waals surface area contributed by atoms with Crippen molar-refractivity contribution < 1.29 is 71.4 Å². The number of piperidine rings is 1. The summed E-state index contributed by atoms with van der Waals surface area (Å²) in [6.07, 6.45) is -5.89. The van der Waals surface area contributed by atoms with Crippen LogP contribution in [-0.2, 0) is 45.3 Å². The van der Waals surface area contributed by atoms with Crippen LogP contribution in [0.5, 0.6) is 11.5 Å². The van der Waals surface area contributed by atoms with E-state index in [9.17, 15) is 42.6 Å². The topological polar surface area (TPSA) is 210 Å². The van der Waals surface area contributed by atoms with Gasteiger partial charge in [0.25, 0.3) is 11.8 Å². The maximum atomic E-state index is 13.8. The summed E-state index contributed by atoms with van der Waals surface area (Å²) in [6, 6.07) is 20.6. The van der Waals surface area contributed by atoms with Gasteiger partial charge in [-0.05, 0) is 55.3 Å². The molecule has 6 atom stereocenters. The first-order valence-electron chi connectivity index (χ1n) is 19.1. The Labute approximate surface area is 342 Å². The standard InChI is InChI=1S/C40H43N3O10.C2HF3O2/c1-43-22-19-39-32-26-13-14-27(50-2)35(32)52-36(39)28(51-30(44)16-20-41-37(48)33(46)24-9-5-3-6-10-24)15-18-40(39,29(43)23-26)53-31(45)17-21-42-38(49)34(47)25-11-7-4-8-12-25;3-2(4,5)1(6)7/h3-15,29,33-34,36,46-47H,16-23H2,1-2H3,(H,41,48)(H,42,49);(H,6,7)/t29-,33+,34+,36+,39+,40-;/m1./s1. The highest BCUT2D eigenvalue weighted by Crippen LogP contribution is 2.66. The lowest BCUT2D eigenvalue weighted by Gasteiger charge is -2.62. The van der Waals surface area contributed by atoms with Crippen molar-refractivity contribution in [3.05, 3.63) is 107 Å². The van der Waals surface area contributed by atoms with Gasteiger partial charge in [-0.15, -0.1) is 0 Å². The number of carboxylic acids is 1. The summed E-state index contributed by atoms with van der Waals surface area (Å²) in [7, 11) is 3.55. The maximum absolute atomic E-state index is 13.8. The molecule has 60 heavy (non-hydrogen) atoms. The molecule has 0 aromatic heterocycles. The highest BCUT2D eigenvalue weighted by atomic mass is 19.4. The number of alkyl halides is 3. The third-order valence-electron chi connectivity index (χ3n) is 11.3. The Kier molecular flexibility index (Phi) is 12.9. The van der Waals surface area contributed by atoms with Gasteiger partial charge in [0.2, 0.25) is 0 Å². The number of hydrogen-bond acceptors (Lipinski definition) is 12.